The van der Waals surface area contributed by atoms with Crippen molar-refractivity contribution in [2.24, 2.45) is 0 Å². The summed E-state index contributed by atoms with van der Waals surface area (Å²) < 4.78 is 0. The zero-order chi connectivity index (χ0) is 11.7. The fourth-order valence-corrected chi connectivity index (χ4v) is 2.47. The van der Waals surface area contributed by atoms with Crippen LogP contribution in [0.1, 0.15) is 20.0 Å². The number of fused-ring (bicyclic) bond motifs is 1. The smallest absolute Gasteiger partial charge is 0.160 e. The Morgan fingerprint density at radius 2 is 2.06 bits per heavy atom. The van der Waals surface area contributed by atoms with Crippen molar-refractivity contribution in [3.05, 3.63) is 22.7 Å². The maximum atomic E-state index is 10.9. The van der Waals surface area contributed by atoms with Gasteiger partial charge in [0.1, 0.15) is 4.83 Å². The first-order chi connectivity index (χ1) is 7.67. The third kappa shape index (κ3) is 1.59. The summed E-state index contributed by atoms with van der Waals surface area (Å²) in [6.45, 7) is 0. The van der Waals surface area contributed by atoms with Crippen LogP contribution in [0, 0.1) is 0 Å². The quantitative estimate of drug-likeness (QED) is 0.762. The zero-order valence-corrected chi connectivity index (χ0v) is 9.75. The Kier molecular flexibility index (Phi) is 2.70. The molecule has 0 fully saturated rings. The summed E-state index contributed by atoms with van der Waals surface area (Å²) in [5.41, 5.74) is 1.34. The lowest BCUT2D eigenvalue weighted by Gasteiger charge is -2.15. The Labute approximate surface area is 96.5 Å². The Morgan fingerprint density at radius 3 is 2.62 bits per heavy atom. The highest BCUT2D eigenvalue weighted by Crippen LogP contribution is 2.32. The second-order valence-electron chi connectivity index (χ2n) is 3.56. The van der Waals surface area contributed by atoms with Crippen molar-refractivity contribution in [1.82, 2.24) is 4.98 Å². The van der Waals surface area contributed by atoms with Gasteiger partial charge >= 0.3 is 0 Å². The molecule has 0 saturated heterocycles. The highest BCUT2D eigenvalue weighted by molar-refractivity contribution is 7.20. The number of aldehydes is 2. The molecule has 0 spiro atoms. The highest BCUT2D eigenvalue weighted by atomic mass is 32.1. The van der Waals surface area contributed by atoms with Crippen LogP contribution in [0.25, 0.3) is 10.2 Å². The molecule has 82 valence electrons. The number of aromatic nitrogens is 1. The number of nitrogens with zero attached hydrogens (tertiary/aromatic N) is 2. The van der Waals surface area contributed by atoms with E-state index in [-0.39, 0.29) is 0 Å². The molecular weight excluding hydrogens is 224 g/mol. The van der Waals surface area contributed by atoms with Crippen molar-refractivity contribution in [2.45, 2.75) is 0 Å². The van der Waals surface area contributed by atoms with Crippen LogP contribution in [0.15, 0.2) is 12.3 Å². The molecule has 2 heterocycles. The average molecular weight is 234 g/mol. The maximum Gasteiger partial charge on any atom is 0.160 e. The molecule has 0 aliphatic heterocycles. The van der Waals surface area contributed by atoms with E-state index in [9.17, 15) is 9.59 Å². The number of carbonyl (C=O) groups excluding carboxylic acids is 2. The largest absolute Gasteiger partial charge is 0.376 e. The number of hydrogen-bond acceptors (Lipinski definition) is 5. The van der Waals surface area contributed by atoms with Crippen LogP contribution in [0.4, 0.5) is 5.69 Å². The van der Waals surface area contributed by atoms with Gasteiger partial charge in [-0.3, -0.25) is 9.59 Å². The molecule has 16 heavy (non-hydrogen) atoms. The molecule has 2 aromatic heterocycles. The minimum Gasteiger partial charge on any atom is -0.376 e. The summed E-state index contributed by atoms with van der Waals surface area (Å²) in [6.07, 6.45) is 3.11. The third-order valence-electron chi connectivity index (χ3n) is 2.27. The van der Waals surface area contributed by atoms with E-state index >= 15 is 0 Å². The topological polar surface area (TPSA) is 50.3 Å². The van der Waals surface area contributed by atoms with Gasteiger partial charge in [-0.15, -0.1) is 11.3 Å². The van der Waals surface area contributed by atoms with Crippen LogP contribution in [-0.4, -0.2) is 31.7 Å². The summed E-state index contributed by atoms with van der Waals surface area (Å²) in [5.74, 6) is 0. The Bertz CT molecular complexity index is 560. The summed E-state index contributed by atoms with van der Waals surface area (Å²) >= 11 is 1.33. The second kappa shape index (κ2) is 4.02. The van der Waals surface area contributed by atoms with Crippen LogP contribution in [0.3, 0.4) is 0 Å². The van der Waals surface area contributed by atoms with Crippen LogP contribution >= 0.6 is 11.3 Å². The van der Waals surface area contributed by atoms with Crippen LogP contribution in [0.2, 0.25) is 0 Å². The number of rotatable bonds is 3. The predicted octanol–water partition coefficient (Wildman–Crippen LogP) is 1.99. The minimum atomic E-state index is 0.535. The van der Waals surface area contributed by atoms with E-state index in [0.29, 0.717) is 10.4 Å². The molecule has 0 bridgehead atoms. The van der Waals surface area contributed by atoms with Gasteiger partial charge < -0.3 is 4.90 Å². The third-order valence-corrected chi connectivity index (χ3v) is 3.24. The first-order valence-corrected chi connectivity index (χ1v) is 5.49. The van der Waals surface area contributed by atoms with Gasteiger partial charge in [0.05, 0.1) is 16.1 Å². The normalized spacial score (nSPS) is 10.4. The van der Waals surface area contributed by atoms with E-state index in [2.05, 4.69) is 4.98 Å². The van der Waals surface area contributed by atoms with E-state index < -0.39 is 0 Å². The Balaban J connectivity index is 2.82. The van der Waals surface area contributed by atoms with Crippen molar-refractivity contribution in [2.75, 3.05) is 19.0 Å². The lowest BCUT2D eigenvalue weighted by Crippen LogP contribution is -2.11. The highest BCUT2D eigenvalue weighted by Gasteiger charge is 2.13. The van der Waals surface area contributed by atoms with Crippen molar-refractivity contribution in [3.8, 4) is 0 Å². The molecule has 2 rings (SSSR count). The fraction of sp³-hybridized carbons (Fsp3) is 0.182. The standard InChI is InChI=1S/C11H10N2O2S/c1-13(2)10-7(5-14)4-12-11-9(10)3-8(6-15)16-11/h3-6H,1-2H3. The Morgan fingerprint density at radius 1 is 1.31 bits per heavy atom. The van der Waals surface area contributed by atoms with Gasteiger partial charge in [-0.1, -0.05) is 0 Å². The minimum absolute atomic E-state index is 0.535. The van der Waals surface area contributed by atoms with Crippen molar-refractivity contribution in [1.29, 1.82) is 0 Å². The molecule has 0 N–H and O–H groups in total. The van der Waals surface area contributed by atoms with Gasteiger partial charge in [0.2, 0.25) is 0 Å². The number of thiophene rings is 1. The molecule has 0 aliphatic carbocycles. The molecule has 0 aromatic carbocycles. The predicted molar refractivity (Wildman–Crippen MR) is 64.7 cm³/mol. The number of carbonyl (C=O) groups is 2. The van der Waals surface area contributed by atoms with Gasteiger partial charge in [-0.05, 0) is 6.07 Å². The summed E-state index contributed by atoms with van der Waals surface area (Å²) in [5, 5.41) is 0.849. The number of anilines is 1. The van der Waals surface area contributed by atoms with Gasteiger partial charge in [0.15, 0.2) is 12.6 Å². The molecule has 2 aromatic rings. The van der Waals surface area contributed by atoms with Gasteiger partial charge in [0, 0.05) is 25.7 Å². The Hall–Kier alpha value is -1.75. The number of pyridine rings is 1. The second-order valence-corrected chi connectivity index (χ2v) is 4.62. The lowest BCUT2D eigenvalue weighted by molar-refractivity contribution is 0.111. The fourth-order valence-electron chi connectivity index (χ4n) is 1.65. The zero-order valence-electron chi connectivity index (χ0n) is 8.93. The molecule has 5 heteroatoms. The van der Waals surface area contributed by atoms with E-state index in [1.54, 1.807) is 6.07 Å². The van der Waals surface area contributed by atoms with Gasteiger partial charge in [0.25, 0.3) is 0 Å². The molecule has 0 atom stereocenters. The molecular formula is C11H10N2O2S. The average Bonchev–Trinajstić information content (AvgIpc) is 2.69. The first-order valence-electron chi connectivity index (χ1n) is 4.67. The van der Waals surface area contributed by atoms with Crippen LogP contribution in [-0.2, 0) is 0 Å². The van der Waals surface area contributed by atoms with E-state index in [1.807, 2.05) is 19.0 Å². The molecule has 4 nitrogen and oxygen atoms in total. The van der Waals surface area contributed by atoms with Crippen molar-refractivity contribution >= 4 is 39.8 Å². The molecule has 0 saturated carbocycles. The van der Waals surface area contributed by atoms with Crippen molar-refractivity contribution < 1.29 is 9.59 Å². The summed E-state index contributed by atoms with van der Waals surface area (Å²) in [4.78, 5) is 29.0. The van der Waals surface area contributed by atoms with Crippen LogP contribution in [0.5, 0.6) is 0 Å². The monoisotopic (exact) mass is 234 g/mol. The molecule has 0 amide bonds. The van der Waals surface area contributed by atoms with E-state index in [1.165, 1.54) is 17.5 Å². The SMILES string of the molecule is CN(C)c1c(C=O)cnc2sc(C=O)cc12. The molecule has 0 aliphatic rings. The van der Waals surface area contributed by atoms with Crippen molar-refractivity contribution in [3.63, 3.8) is 0 Å². The molecule has 0 radical (unpaired) electrons. The van der Waals surface area contributed by atoms with E-state index in [4.69, 9.17) is 0 Å². The number of hydrogen-bond donors (Lipinski definition) is 0. The maximum absolute atomic E-state index is 10.9. The lowest BCUT2D eigenvalue weighted by atomic mass is 10.2. The summed E-state index contributed by atoms with van der Waals surface area (Å²) in [7, 11) is 3.72. The molecule has 0 unspecified atom stereocenters. The first kappa shape index (κ1) is 10.8. The summed E-state index contributed by atoms with van der Waals surface area (Å²) in [6, 6.07) is 1.77. The van der Waals surface area contributed by atoms with Crippen LogP contribution < -0.4 is 4.90 Å². The van der Waals surface area contributed by atoms with Gasteiger partial charge in [-0.25, -0.2) is 4.98 Å². The van der Waals surface area contributed by atoms with Gasteiger partial charge in [-0.2, -0.15) is 0 Å². The van der Waals surface area contributed by atoms with E-state index in [0.717, 1.165) is 28.5 Å².